The zero-order valence-electron chi connectivity index (χ0n) is 8.03. The Bertz CT molecular complexity index is 507. The van der Waals surface area contributed by atoms with Gasteiger partial charge in [0, 0.05) is 16.6 Å². The van der Waals surface area contributed by atoms with Crippen LogP contribution in [0.25, 0.3) is 0 Å². The third kappa shape index (κ3) is 1.80. The fourth-order valence-corrected chi connectivity index (χ4v) is 2.02. The molecule has 2 heterocycles. The number of ketones is 1. The first-order chi connectivity index (χ1) is 7.20. The van der Waals surface area contributed by atoms with Gasteiger partial charge in [0.1, 0.15) is 0 Å². The van der Waals surface area contributed by atoms with Crippen LogP contribution in [0, 0.1) is 12.7 Å². The summed E-state index contributed by atoms with van der Waals surface area (Å²) in [5.41, 5.74) is 0.636. The van der Waals surface area contributed by atoms with Crippen LogP contribution >= 0.6 is 11.3 Å². The quantitative estimate of drug-likeness (QED) is 0.730. The van der Waals surface area contributed by atoms with Crippen LogP contribution in [-0.2, 0) is 0 Å². The van der Waals surface area contributed by atoms with E-state index in [1.165, 1.54) is 23.6 Å². The van der Waals surface area contributed by atoms with Gasteiger partial charge in [0.25, 0.3) is 0 Å². The predicted molar refractivity (Wildman–Crippen MR) is 56.7 cm³/mol. The van der Waals surface area contributed by atoms with E-state index in [2.05, 4.69) is 4.98 Å². The number of hydrogen-bond acceptors (Lipinski definition) is 3. The first kappa shape index (κ1) is 9.98. The van der Waals surface area contributed by atoms with Gasteiger partial charge in [0.05, 0.1) is 11.8 Å². The van der Waals surface area contributed by atoms with E-state index in [-0.39, 0.29) is 11.3 Å². The molecule has 2 nitrogen and oxygen atoms in total. The maximum atomic E-state index is 13.3. The summed E-state index contributed by atoms with van der Waals surface area (Å²) in [6, 6.07) is 3.11. The first-order valence-corrected chi connectivity index (χ1v) is 5.26. The number of carbonyl (C=O) groups is 1. The topological polar surface area (TPSA) is 30.0 Å². The van der Waals surface area contributed by atoms with Crippen molar-refractivity contribution in [2.24, 2.45) is 0 Å². The van der Waals surface area contributed by atoms with E-state index in [9.17, 15) is 9.18 Å². The molecule has 15 heavy (non-hydrogen) atoms. The third-order valence-electron chi connectivity index (χ3n) is 2.12. The largest absolute Gasteiger partial charge is 0.288 e. The summed E-state index contributed by atoms with van der Waals surface area (Å²) in [6.45, 7) is 1.84. The van der Waals surface area contributed by atoms with E-state index in [1.54, 1.807) is 6.07 Å². The Hall–Kier alpha value is -1.55. The molecule has 0 aliphatic carbocycles. The molecular formula is C11H8FNOS. The van der Waals surface area contributed by atoms with Crippen molar-refractivity contribution in [1.29, 1.82) is 0 Å². The number of carbonyl (C=O) groups excluding carboxylic acids is 1. The lowest BCUT2D eigenvalue weighted by atomic mass is 10.1. The first-order valence-electron chi connectivity index (χ1n) is 4.38. The van der Waals surface area contributed by atoms with E-state index in [1.807, 2.05) is 12.3 Å². The highest BCUT2D eigenvalue weighted by atomic mass is 32.1. The molecule has 2 rings (SSSR count). The van der Waals surface area contributed by atoms with Gasteiger partial charge in [-0.05, 0) is 24.4 Å². The minimum absolute atomic E-state index is 0.0755. The fourth-order valence-electron chi connectivity index (χ4n) is 1.32. The summed E-state index contributed by atoms with van der Waals surface area (Å²) in [7, 11) is 0. The summed E-state index contributed by atoms with van der Waals surface area (Å²) in [4.78, 5) is 16.4. The molecule has 0 aliphatic heterocycles. The monoisotopic (exact) mass is 221 g/mol. The van der Waals surface area contributed by atoms with E-state index < -0.39 is 5.82 Å². The van der Waals surface area contributed by atoms with Crippen LogP contribution in [-0.4, -0.2) is 10.8 Å². The molecule has 0 fully saturated rings. The highest BCUT2D eigenvalue weighted by molar-refractivity contribution is 7.10. The summed E-state index contributed by atoms with van der Waals surface area (Å²) in [5.74, 6) is -0.859. The molecule has 76 valence electrons. The minimum atomic E-state index is -0.576. The minimum Gasteiger partial charge on any atom is -0.288 e. The van der Waals surface area contributed by atoms with Crippen LogP contribution < -0.4 is 0 Å². The second-order valence-electron chi connectivity index (χ2n) is 3.08. The number of hydrogen-bond donors (Lipinski definition) is 0. The van der Waals surface area contributed by atoms with Gasteiger partial charge < -0.3 is 0 Å². The molecule has 0 radical (unpaired) electrons. The molecule has 0 spiro atoms. The highest BCUT2D eigenvalue weighted by Crippen LogP contribution is 2.19. The molecule has 0 unspecified atom stereocenters. The van der Waals surface area contributed by atoms with Gasteiger partial charge >= 0.3 is 0 Å². The van der Waals surface area contributed by atoms with Crippen molar-refractivity contribution in [2.75, 3.05) is 0 Å². The lowest BCUT2D eigenvalue weighted by Gasteiger charge is -2.00. The highest BCUT2D eigenvalue weighted by Gasteiger charge is 2.16. The predicted octanol–water partition coefficient (Wildman–Crippen LogP) is 2.82. The SMILES string of the molecule is Cc1sccc1C(=O)c1ccncc1F. The number of halogens is 1. The molecule has 2 aromatic heterocycles. The summed E-state index contributed by atoms with van der Waals surface area (Å²) >= 11 is 1.47. The standard InChI is InChI=1S/C11H8FNOS/c1-7-8(3-5-15-7)11(14)9-2-4-13-6-10(9)12/h2-6H,1H3. The van der Waals surface area contributed by atoms with Gasteiger partial charge in [0.2, 0.25) is 0 Å². The molecular weight excluding hydrogens is 213 g/mol. The Morgan fingerprint density at radius 2 is 2.20 bits per heavy atom. The number of rotatable bonds is 2. The molecule has 0 N–H and O–H groups in total. The Morgan fingerprint density at radius 1 is 1.40 bits per heavy atom. The van der Waals surface area contributed by atoms with Crippen molar-refractivity contribution >= 4 is 17.1 Å². The van der Waals surface area contributed by atoms with Gasteiger partial charge in [-0.15, -0.1) is 11.3 Å². The van der Waals surface area contributed by atoms with Crippen molar-refractivity contribution < 1.29 is 9.18 Å². The molecule has 2 aromatic rings. The van der Waals surface area contributed by atoms with Gasteiger partial charge in [0.15, 0.2) is 11.6 Å². The van der Waals surface area contributed by atoms with Crippen LogP contribution in [0.3, 0.4) is 0 Å². The molecule has 0 bridgehead atoms. The number of pyridine rings is 1. The lowest BCUT2D eigenvalue weighted by molar-refractivity contribution is 0.103. The second kappa shape index (κ2) is 3.90. The van der Waals surface area contributed by atoms with Gasteiger partial charge in [-0.2, -0.15) is 0 Å². The molecule has 0 aromatic carbocycles. The van der Waals surface area contributed by atoms with Crippen LogP contribution in [0.2, 0.25) is 0 Å². The maximum absolute atomic E-state index is 13.3. The number of thiophene rings is 1. The zero-order chi connectivity index (χ0) is 10.8. The van der Waals surface area contributed by atoms with Crippen LogP contribution in [0.5, 0.6) is 0 Å². The molecule has 0 saturated carbocycles. The smallest absolute Gasteiger partial charge is 0.197 e. The van der Waals surface area contributed by atoms with Crippen molar-refractivity contribution in [3.8, 4) is 0 Å². The van der Waals surface area contributed by atoms with E-state index in [0.29, 0.717) is 5.56 Å². The Balaban J connectivity index is 2.46. The average Bonchev–Trinajstić information content (AvgIpc) is 2.64. The van der Waals surface area contributed by atoms with Crippen LogP contribution in [0.4, 0.5) is 4.39 Å². The van der Waals surface area contributed by atoms with Crippen molar-refractivity contribution in [3.63, 3.8) is 0 Å². The number of nitrogens with zero attached hydrogens (tertiary/aromatic N) is 1. The van der Waals surface area contributed by atoms with Crippen LogP contribution in [0.15, 0.2) is 29.9 Å². The average molecular weight is 221 g/mol. The summed E-state index contributed by atoms with van der Waals surface area (Å²) < 4.78 is 13.3. The van der Waals surface area contributed by atoms with Gasteiger partial charge in [-0.1, -0.05) is 0 Å². The summed E-state index contributed by atoms with van der Waals surface area (Å²) in [6.07, 6.45) is 2.47. The Morgan fingerprint density at radius 3 is 2.80 bits per heavy atom. The fraction of sp³-hybridized carbons (Fsp3) is 0.0909. The van der Waals surface area contributed by atoms with Crippen molar-refractivity contribution in [1.82, 2.24) is 4.98 Å². The van der Waals surface area contributed by atoms with Gasteiger partial charge in [-0.3, -0.25) is 9.78 Å². The van der Waals surface area contributed by atoms with E-state index in [0.717, 1.165) is 11.1 Å². The Kier molecular flexibility index (Phi) is 2.60. The third-order valence-corrected chi connectivity index (χ3v) is 2.97. The van der Waals surface area contributed by atoms with Gasteiger partial charge in [-0.25, -0.2) is 4.39 Å². The number of aromatic nitrogens is 1. The Labute approximate surface area is 90.4 Å². The molecule has 0 saturated heterocycles. The molecule has 0 atom stereocenters. The lowest BCUT2D eigenvalue weighted by Crippen LogP contribution is -2.04. The normalized spacial score (nSPS) is 10.3. The molecule has 0 aliphatic rings. The van der Waals surface area contributed by atoms with E-state index >= 15 is 0 Å². The zero-order valence-corrected chi connectivity index (χ0v) is 8.84. The summed E-state index contributed by atoms with van der Waals surface area (Å²) in [5, 5.41) is 1.82. The molecule has 0 amide bonds. The molecule has 4 heteroatoms. The van der Waals surface area contributed by atoms with Crippen molar-refractivity contribution in [3.05, 3.63) is 51.7 Å². The van der Waals surface area contributed by atoms with E-state index in [4.69, 9.17) is 0 Å². The maximum Gasteiger partial charge on any atom is 0.197 e. The number of aryl methyl sites for hydroxylation is 1. The second-order valence-corrected chi connectivity index (χ2v) is 4.20. The van der Waals surface area contributed by atoms with Crippen LogP contribution in [0.1, 0.15) is 20.8 Å². The van der Waals surface area contributed by atoms with Crippen molar-refractivity contribution in [2.45, 2.75) is 6.92 Å².